The van der Waals surface area contributed by atoms with Crippen LogP contribution in [0.25, 0.3) is 0 Å². The van der Waals surface area contributed by atoms with Crippen molar-refractivity contribution in [3.05, 3.63) is 35.4 Å². The van der Waals surface area contributed by atoms with Crippen molar-refractivity contribution in [2.75, 3.05) is 13.2 Å². The maximum absolute atomic E-state index is 11.6. The van der Waals surface area contributed by atoms with E-state index in [1.165, 1.54) is 5.56 Å². The van der Waals surface area contributed by atoms with Crippen LogP contribution in [0.3, 0.4) is 0 Å². The molecule has 1 aromatic carbocycles. The lowest BCUT2D eigenvalue weighted by molar-refractivity contribution is -0.128. The molecule has 1 aliphatic rings. The van der Waals surface area contributed by atoms with Gasteiger partial charge in [0.05, 0.1) is 18.8 Å². The van der Waals surface area contributed by atoms with Crippen molar-refractivity contribution in [2.45, 2.75) is 25.4 Å². The largest absolute Gasteiger partial charge is 0.377 e. The minimum absolute atomic E-state index is 0.0172. The van der Waals surface area contributed by atoms with Crippen molar-refractivity contribution in [3.63, 3.8) is 0 Å². The van der Waals surface area contributed by atoms with Crippen LogP contribution in [0, 0.1) is 6.92 Å². The molecular formula is C13H18N2O2. The molecule has 4 heteroatoms. The normalized spacial score (nSPS) is 17.3. The van der Waals surface area contributed by atoms with Crippen LogP contribution in [0.5, 0.6) is 0 Å². The maximum atomic E-state index is 11.6. The predicted molar refractivity (Wildman–Crippen MR) is 65.4 cm³/mol. The molecule has 0 aliphatic carbocycles. The summed E-state index contributed by atoms with van der Waals surface area (Å²) < 4.78 is 5.01. The van der Waals surface area contributed by atoms with Crippen molar-refractivity contribution >= 4 is 5.91 Å². The first kappa shape index (κ1) is 12.1. The molecule has 2 rings (SSSR count). The van der Waals surface area contributed by atoms with Crippen LogP contribution in [0.4, 0.5) is 0 Å². The van der Waals surface area contributed by atoms with Crippen LogP contribution in [0.15, 0.2) is 24.3 Å². The highest BCUT2D eigenvalue weighted by Gasteiger charge is 2.36. The topological polar surface area (TPSA) is 64.4 Å². The first-order chi connectivity index (χ1) is 8.07. The summed E-state index contributed by atoms with van der Waals surface area (Å²) >= 11 is 0. The summed E-state index contributed by atoms with van der Waals surface area (Å²) in [6.45, 7) is 3.54. The Morgan fingerprint density at radius 2 is 2.06 bits per heavy atom. The van der Waals surface area contributed by atoms with Gasteiger partial charge in [-0.05, 0) is 12.5 Å². The predicted octanol–water partition coefficient (Wildman–Crippen LogP) is 0.729. The van der Waals surface area contributed by atoms with Gasteiger partial charge >= 0.3 is 0 Å². The van der Waals surface area contributed by atoms with Crippen molar-refractivity contribution in [3.8, 4) is 0 Å². The third-order valence-corrected chi connectivity index (χ3v) is 2.90. The van der Waals surface area contributed by atoms with Gasteiger partial charge in [-0.1, -0.05) is 29.8 Å². The minimum Gasteiger partial charge on any atom is -0.377 e. The Morgan fingerprint density at radius 1 is 1.41 bits per heavy atom. The second-order valence-electron chi connectivity index (χ2n) is 4.79. The van der Waals surface area contributed by atoms with Gasteiger partial charge in [-0.2, -0.15) is 0 Å². The highest BCUT2D eigenvalue weighted by atomic mass is 16.5. The van der Waals surface area contributed by atoms with Gasteiger partial charge in [-0.3, -0.25) is 4.79 Å². The summed E-state index contributed by atoms with van der Waals surface area (Å²) in [5.74, 6) is -0.0172. The maximum Gasteiger partial charge on any atom is 0.222 e. The summed E-state index contributed by atoms with van der Waals surface area (Å²) in [6.07, 6.45) is 0.332. The number of carbonyl (C=O) groups excluding carboxylic acids is 1. The minimum atomic E-state index is -0.447. The van der Waals surface area contributed by atoms with Crippen LogP contribution in [-0.4, -0.2) is 24.7 Å². The number of ether oxygens (including phenoxy) is 1. The molecule has 0 atom stereocenters. The molecule has 1 aliphatic heterocycles. The second kappa shape index (κ2) is 4.85. The van der Waals surface area contributed by atoms with Gasteiger partial charge in [0.1, 0.15) is 0 Å². The molecule has 17 heavy (non-hydrogen) atoms. The van der Waals surface area contributed by atoms with Crippen molar-refractivity contribution in [2.24, 2.45) is 5.73 Å². The number of carbonyl (C=O) groups is 1. The lowest BCUT2D eigenvalue weighted by atomic mass is 9.94. The number of benzene rings is 1. The molecule has 0 spiro atoms. The SMILES string of the molecule is Cc1ccc(CNC(=O)CC2(N)COC2)cc1. The van der Waals surface area contributed by atoms with Crippen molar-refractivity contribution in [1.29, 1.82) is 0 Å². The number of nitrogens with two attached hydrogens (primary N) is 1. The Bertz CT molecular complexity index is 396. The van der Waals surface area contributed by atoms with E-state index in [-0.39, 0.29) is 5.91 Å². The molecule has 4 nitrogen and oxygen atoms in total. The van der Waals surface area contributed by atoms with Crippen LogP contribution >= 0.6 is 0 Å². The van der Waals surface area contributed by atoms with E-state index in [2.05, 4.69) is 5.32 Å². The zero-order chi connectivity index (χ0) is 12.3. The first-order valence-electron chi connectivity index (χ1n) is 5.76. The van der Waals surface area contributed by atoms with Crippen LogP contribution in [0.2, 0.25) is 0 Å². The number of hydrogen-bond acceptors (Lipinski definition) is 3. The van der Waals surface area contributed by atoms with Gasteiger partial charge in [0, 0.05) is 13.0 Å². The Hall–Kier alpha value is -1.39. The molecule has 1 heterocycles. The quantitative estimate of drug-likeness (QED) is 0.807. The van der Waals surface area contributed by atoms with E-state index in [0.29, 0.717) is 26.2 Å². The van der Waals surface area contributed by atoms with Crippen molar-refractivity contribution < 1.29 is 9.53 Å². The third kappa shape index (κ3) is 3.28. The molecule has 1 saturated heterocycles. The highest BCUT2D eigenvalue weighted by molar-refractivity contribution is 5.77. The fourth-order valence-electron chi connectivity index (χ4n) is 1.76. The van der Waals surface area contributed by atoms with E-state index < -0.39 is 5.54 Å². The third-order valence-electron chi connectivity index (χ3n) is 2.90. The van der Waals surface area contributed by atoms with Gasteiger partial charge < -0.3 is 15.8 Å². The summed E-state index contributed by atoms with van der Waals surface area (Å²) in [6, 6.07) is 8.10. The molecule has 0 radical (unpaired) electrons. The first-order valence-corrected chi connectivity index (χ1v) is 5.76. The van der Waals surface area contributed by atoms with E-state index in [0.717, 1.165) is 5.56 Å². The molecule has 1 fully saturated rings. The summed E-state index contributed by atoms with van der Waals surface area (Å²) in [5.41, 5.74) is 7.77. The molecule has 0 bridgehead atoms. The summed E-state index contributed by atoms with van der Waals surface area (Å²) in [7, 11) is 0. The molecule has 1 amide bonds. The Morgan fingerprint density at radius 3 is 2.59 bits per heavy atom. The van der Waals surface area contributed by atoms with Gasteiger partial charge in [0.15, 0.2) is 0 Å². The molecule has 92 valence electrons. The number of amides is 1. The van der Waals surface area contributed by atoms with Crippen molar-refractivity contribution in [1.82, 2.24) is 5.32 Å². The molecule has 0 saturated carbocycles. The van der Waals surface area contributed by atoms with Gasteiger partial charge in [-0.15, -0.1) is 0 Å². The average Bonchev–Trinajstić information content (AvgIpc) is 2.26. The zero-order valence-corrected chi connectivity index (χ0v) is 10.0. The molecule has 3 N–H and O–H groups in total. The lowest BCUT2D eigenvalue weighted by Gasteiger charge is -2.37. The van der Waals surface area contributed by atoms with E-state index in [9.17, 15) is 4.79 Å². The number of nitrogens with one attached hydrogen (secondary N) is 1. The number of rotatable bonds is 4. The molecule has 1 aromatic rings. The fraction of sp³-hybridized carbons (Fsp3) is 0.462. The van der Waals surface area contributed by atoms with Crippen LogP contribution < -0.4 is 11.1 Å². The molecule has 0 unspecified atom stereocenters. The standard InChI is InChI=1S/C13H18N2O2/c1-10-2-4-11(5-3-10)7-15-12(16)6-13(14)8-17-9-13/h2-5H,6-9,14H2,1H3,(H,15,16). The summed E-state index contributed by atoms with van der Waals surface area (Å²) in [5, 5.41) is 2.87. The fourth-order valence-corrected chi connectivity index (χ4v) is 1.76. The number of hydrogen-bond donors (Lipinski definition) is 2. The number of aryl methyl sites for hydroxylation is 1. The smallest absolute Gasteiger partial charge is 0.222 e. The van der Waals surface area contributed by atoms with Gasteiger partial charge in [0.2, 0.25) is 5.91 Å². The Labute approximate surface area is 101 Å². The average molecular weight is 234 g/mol. The van der Waals surface area contributed by atoms with E-state index in [4.69, 9.17) is 10.5 Å². The molecule has 0 aromatic heterocycles. The molecular weight excluding hydrogens is 216 g/mol. The Kier molecular flexibility index (Phi) is 3.45. The van der Waals surface area contributed by atoms with E-state index in [1.54, 1.807) is 0 Å². The lowest BCUT2D eigenvalue weighted by Crippen LogP contribution is -2.59. The second-order valence-corrected chi connectivity index (χ2v) is 4.79. The van der Waals surface area contributed by atoms with Gasteiger partial charge in [0.25, 0.3) is 0 Å². The van der Waals surface area contributed by atoms with Crippen LogP contribution in [0.1, 0.15) is 17.5 Å². The van der Waals surface area contributed by atoms with Crippen LogP contribution in [-0.2, 0) is 16.1 Å². The monoisotopic (exact) mass is 234 g/mol. The van der Waals surface area contributed by atoms with E-state index >= 15 is 0 Å². The van der Waals surface area contributed by atoms with E-state index in [1.807, 2.05) is 31.2 Å². The summed E-state index contributed by atoms with van der Waals surface area (Å²) in [4.78, 5) is 11.6. The highest BCUT2D eigenvalue weighted by Crippen LogP contribution is 2.17. The zero-order valence-electron chi connectivity index (χ0n) is 10.0. The Balaban J connectivity index is 1.78. The van der Waals surface area contributed by atoms with Gasteiger partial charge in [-0.25, -0.2) is 0 Å².